The van der Waals surface area contributed by atoms with Gasteiger partial charge >= 0.3 is 11.9 Å². The molecule has 0 unspecified atom stereocenters. The van der Waals surface area contributed by atoms with Gasteiger partial charge in [0.05, 0.1) is 22.3 Å². The molecule has 0 atom stereocenters. The molecule has 0 aliphatic heterocycles. The van der Waals surface area contributed by atoms with Crippen molar-refractivity contribution in [2.24, 2.45) is 5.41 Å². The maximum atomic E-state index is 12.5. The molecule has 0 radical (unpaired) electrons. The van der Waals surface area contributed by atoms with Crippen LogP contribution < -0.4 is 0 Å². The van der Waals surface area contributed by atoms with E-state index in [1.807, 2.05) is 6.08 Å². The molecule has 4 nitrogen and oxygen atoms in total. The Labute approximate surface area is 159 Å². The summed E-state index contributed by atoms with van der Waals surface area (Å²) in [6.45, 7) is 8.93. The zero-order valence-corrected chi connectivity index (χ0v) is 18.2. The minimum Gasteiger partial charge on any atom is -0.468 e. The van der Waals surface area contributed by atoms with E-state index in [1.165, 1.54) is 33.5 Å². The van der Waals surface area contributed by atoms with Crippen molar-refractivity contribution in [3.05, 3.63) is 35.1 Å². The number of esters is 2. The van der Waals surface area contributed by atoms with Gasteiger partial charge in [-0.2, -0.15) is 0 Å². The van der Waals surface area contributed by atoms with Crippen LogP contribution in [-0.2, 0) is 19.1 Å². The van der Waals surface area contributed by atoms with E-state index in [0.717, 1.165) is 17.6 Å². The van der Waals surface area contributed by atoms with Crippen molar-refractivity contribution < 1.29 is 19.1 Å². The highest BCUT2D eigenvalue weighted by Gasteiger charge is 2.50. The van der Waals surface area contributed by atoms with Crippen LogP contribution in [0.25, 0.3) is 0 Å². The highest BCUT2D eigenvalue weighted by atomic mass is 28.3. The van der Waals surface area contributed by atoms with Crippen molar-refractivity contribution in [1.29, 1.82) is 0 Å². The molecule has 0 heterocycles. The second kappa shape index (κ2) is 9.90. The molecule has 1 aliphatic carbocycles. The summed E-state index contributed by atoms with van der Waals surface area (Å²) >= 11 is 0. The monoisotopic (exact) mass is 378 g/mol. The fourth-order valence-corrected chi connectivity index (χ4v) is 4.57. The number of allylic oxidation sites excluding steroid dienone is 5. The zero-order chi connectivity index (χ0) is 19.8. The van der Waals surface area contributed by atoms with E-state index in [1.54, 1.807) is 0 Å². The Bertz CT molecular complexity index is 578. The van der Waals surface area contributed by atoms with Crippen molar-refractivity contribution in [2.75, 3.05) is 14.2 Å². The molecule has 146 valence electrons. The van der Waals surface area contributed by atoms with E-state index >= 15 is 0 Å². The van der Waals surface area contributed by atoms with Gasteiger partial charge in [-0.15, -0.1) is 0 Å². The Hall–Kier alpha value is -1.62. The molecule has 0 bridgehead atoms. The first kappa shape index (κ1) is 22.4. The number of unbranched alkanes of at least 4 members (excludes halogenated alkanes) is 3. The Balaban J connectivity index is 3.22. The predicted molar refractivity (Wildman–Crippen MR) is 108 cm³/mol. The van der Waals surface area contributed by atoms with Gasteiger partial charge in [0, 0.05) is 0 Å². The van der Waals surface area contributed by atoms with Gasteiger partial charge < -0.3 is 9.47 Å². The number of carbonyl (C=O) groups is 2. The summed E-state index contributed by atoms with van der Waals surface area (Å²) in [6.07, 6.45) is 11.6. The Morgan fingerprint density at radius 1 is 1.15 bits per heavy atom. The molecule has 0 spiro atoms. The third-order valence-corrected chi connectivity index (χ3v) is 5.78. The van der Waals surface area contributed by atoms with Crippen LogP contribution in [-0.4, -0.2) is 34.2 Å². The van der Waals surface area contributed by atoms with E-state index < -0.39 is 25.4 Å². The van der Waals surface area contributed by atoms with Crippen LogP contribution in [0.4, 0.5) is 0 Å². The Morgan fingerprint density at radius 2 is 1.77 bits per heavy atom. The molecule has 0 saturated heterocycles. The van der Waals surface area contributed by atoms with Crippen LogP contribution in [0, 0.1) is 5.41 Å². The fourth-order valence-electron chi connectivity index (χ4n) is 3.25. The first-order chi connectivity index (χ1) is 12.2. The number of rotatable bonds is 8. The van der Waals surface area contributed by atoms with E-state index in [-0.39, 0.29) is 0 Å². The summed E-state index contributed by atoms with van der Waals surface area (Å²) in [6, 6.07) is 0. The lowest BCUT2D eigenvalue weighted by molar-refractivity contribution is -0.169. The van der Waals surface area contributed by atoms with Gasteiger partial charge in [0.25, 0.3) is 0 Å². The Morgan fingerprint density at radius 3 is 2.27 bits per heavy atom. The van der Waals surface area contributed by atoms with Gasteiger partial charge in [0.15, 0.2) is 5.41 Å². The average molecular weight is 379 g/mol. The van der Waals surface area contributed by atoms with Gasteiger partial charge in [-0.3, -0.25) is 9.59 Å². The van der Waals surface area contributed by atoms with Crippen molar-refractivity contribution in [1.82, 2.24) is 0 Å². The molecule has 0 fully saturated rings. The number of hydrogen-bond donors (Lipinski definition) is 0. The lowest BCUT2D eigenvalue weighted by atomic mass is 9.72. The standard InChI is InChI=1S/C21H34O4Si/c1-7-8-9-10-11-12-17-13-14-21(19(22)24-2,20(23)25-3)15-18(17)16-26(4,5)6/h11-13,16H,7-10,14-15H2,1-6H3/b12-11+,18-16+. The third kappa shape index (κ3) is 5.97. The van der Waals surface area contributed by atoms with E-state index in [0.29, 0.717) is 12.8 Å². The minimum atomic E-state index is -1.54. The quantitative estimate of drug-likeness (QED) is 0.259. The highest BCUT2D eigenvalue weighted by molar-refractivity contribution is 6.81. The second-order valence-corrected chi connectivity index (χ2v) is 13.1. The molecule has 1 rings (SSSR count). The molecule has 0 aromatic carbocycles. The van der Waals surface area contributed by atoms with Crippen molar-refractivity contribution >= 4 is 20.0 Å². The maximum absolute atomic E-state index is 12.5. The van der Waals surface area contributed by atoms with Crippen LogP contribution in [0.1, 0.15) is 45.4 Å². The minimum absolute atomic E-state index is 0.310. The third-order valence-electron chi connectivity index (χ3n) is 4.56. The maximum Gasteiger partial charge on any atom is 0.323 e. The smallest absolute Gasteiger partial charge is 0.323 e. The topological polar surface area (TPSA) is 52.6 Å². The number of ether oxygens (including phenoxy) is 2. The molecule has 1 aliphatic rings. The Kier molecular flexibility index (Phi) is 8.54. The van der Waals surface area contributed by atoms with Crippen molar-refractivity contribution in [3.63, 3.8) is 0 Å². The van der Waals surface area contributed by atoms with Gasteiger partial charge in [-0.1, -0.05) is 63.3 Å². The predicted octanol–water partition coefficient (Wildman–Crippen LogP) is 4.98. The number of hydrogen-bond acceptors (Lipinski definition) is 4. The molecule has 26 heavy (non-hydrogen) atoms. The van der Waals surface area contributed by atoms with E-state index in [9.17, 15) is 9.59 Å². The molecule has 0 saturated carbocycles. The van der Waals surface area contributed by atoms with Crippen molar-refractivity contribution in [3.8, 4) is 0 Å². The zero-order valence-electron chi connectivity index (χ0n) is 17.2. The van der Waals surface area contributed by atoms with Crippen LogP contribution in [0.15, 0.2) is 35.1 Å². The summed E-state index contributed by atoms with van der Waals surface area (Å²) < 4.78 is 9.90. The number of carbonyl (C=O) groups excluding carboxylic acids is 2. The second-order valence-electron chi connectivity index (χ2n) is 8.04. The lowest BCUT2D eigenvalue weighted by Crippen LogP contribution is -2.43. The van der Waals surface area contributed by atoms with Crippen LogP contribution in [0.3, 0.4) is 0 Å². The fraction of sp³-hybridized carbons (Fsp3) is 0.619. The van der Waals surface area contributed by atoms with Crippen LogP contribution in [0.5, 0.6) is 0 Å². The van der Waals surface area contributed by atoms with Gasteiger partial charge in [-0.25, -0.2) is 0 Å². The van der Waals surface area contributed by atoms with Crippen LogP contribution in [0.2, 0.25) is 19.6 Å². The van der Waals surface area contributed by atoms with E-state index in [2.05, 4.69) is 44.4 Å². The summed E-state index contributed by atoms with van der Waals surface area (Å²) in [5, 5.41) is 0. The van der Waals surface area contributed by atoms with Gasteiger partial charge in [-0.05, 0) is 36.8 Å². The SMILES string of the molecule is CCCCC/C=C/C1=CCC(C(=O)OC)(C(=O)OC)C/C1=C\[Si](C)(C)C. The normalized spacial score (nSPS) is 18.7. The molecule has 0 aromatic heterocycles. The molecule has 0 amide bonds. The highest BCUT2D eigenvalue weighted by Crippen LogP contribution is 2.42. The average Bonchev–Trinajstić information content (AvgIpc) is 2.59. The van der Waals surface area contributed by atoms with Crippen LogP contribution >= 0.6 is 0 Å². The number of methoxy groups -OCH3 is 2. The van der Waals surface area contributed by atoms with E-state index in [4.69, 9.17) is 9.47 Å². The lowest BCUT2D eigenvalue weighted by Gasteiger charge is -2.33. The van der Waals surface area contributed by atoms with Gasteiger partial charge in [0.1, 0.15) is 0 Å². The molecular formula is C21H34O4Si. The first-order valence-corrected chi connectivity index (χ1v) is 13.0. The molecular weight excluding hydrogens is 344 g/mol. The molecule has 0 aromatic rings. The van der Waals surface area contributed by atoms with Gasteiger partial charge in [0.2, 0.25) is 0 Å². The summed E-state index contributed by atoms with van der Waals surface area (Å²) in [7, 11) is 1.10. The van der Waals surface area contributed by atoms with Crippen molar-refractivity contribution in [2.45, 2.75) is 65.1 Å². The molecule has 0 N–H and O–H groups in total. The first-order valence-electron chi connectivity index (χ1n) is 9.46. The summed E-state index contributed by atoms with van der Waals surface area (Å²) in [5.74, 6) is -1.04. The summed E-state index contributed by atoms with van der Waals surface area (Å²) in [5.41, 5.74) is 3.18. The molecule has 5 heteroatoms. The largest absolute Gasteiger partial charge is 0.468 e. The summed E-state index contributed by atoms with van der Waals surface area (Å²) in [4.78, 5) is 24.9.